The van der Waals surface area contributed by atoms with Crippen LogP contribution in [-0.2, 0) is 4.79 Å². The summed E-state index contributed by atoms with van der Waals surface area (Å²) in [7, 11) is 1.90. The zero-order valence-electron chi connectivity index (χ0n) is 12.2. The topological polar surface area (TPSA) is 45.7 Å². The second kappa shape index (κ2) is 6.31. The molecule has 0 spiro atoms. The molecule has 116 valence electrons. The number of amides is 1. The van der Waals surface area contributed by atoms with Crippen LogP contribution in [-0.4, -0.2) is 37.0 Å². The normalized spacial score (nSPS) is 14.5. The highest BCUT2D eigenvalue weighted by atomic mass is 32.1. The van der Waals surface area contributed by atoms with Gasteiger partial charge in [0.1, 0.15) is 5.82 Å². The van der Waals surface area contributed by atoms with Crippen molar-refractivity contribution in [1.82, 2.24) is 4.37 Å². The number of rotatable bonds is 3. The van der Waals surface area contributed by atoms with Crippen LogP contribution in [0, 0.1) is 5.82 Å². The number of halogens is 1. The molecule has 0 aliphatic carbocycles. The zero-order chi connectivity index (χ0) is 15.5. The third kappa shape index (κ3) is 3.04. The van der Waals surface area contributed by atoms with Crippen LogP contribution in [0.15, 0.2) is 29.6 Å². The number of ether oxygens (including phenoxy) is 1. The molecule has 0 bridgehead atoms. The molecule has 22 heavy (non-hydrogen) atoms. The van der Waals surface area contributed by atoms with Crippen molar-refractivity contribution in [2.24, 2.45) is 0 Å². The summed E-state index contributed by atoms with van der Waals surface area (Å²) < 4.78 is 22.9. The van der Waals surface area contributed by atoms with E-state index in [-0.39, 0.29) is 18.3 Å². The highest BCUT2D eigenvalue weighted by molar-refractivity contribution is 7.03. The van der Waals surface area contributed by atoms with Crippen LogP contribution in [0.2, 0.25) is 0 Å². The standard InChI is InChI=1S/C15H16FN3O2S/c1-18-6-2-7-19(12-4-3-11(16)9-13(12)18)15(20)10-21-14-5-8-22-17-14/h3-5,8-9H,2,6-7,10H2,1H3. The smallest absolute Gasteiger partial charge is 0.265 e. The molecule has 0 saturated carbocycles. The molecule has 1 aliphatic rings. The van der Waals surface area contributed by atoms with E-state index in [0.29, 0.717) is 18.1 Å². The van der Waals surface area contributed by atoms with Crippen molar-refractivity contribution in [3.05, 3.63) is 35.5 Å². The Morgan fingerprint density at radius 3 is 3.00 bits per heavy atom. The van der Waals surface area contributed by atoms with Crippen molar-refractivity contribution in [3.63, 3.8) is 0 Å². The predicted octanol–water partition coefficient (Wildman–Crippen LogP) is 2.53. The largest absolute Gasteiger partial charge is 0.467 e. The number of nitrogens with zero attached hydrogens (tertiary/aromatic N) is 3. The van der Waals surface area contributed by atoms with E-state index in [4.69, 9.17) is 4.74 Å². The van der Waals surface area contributed by atoms with Crippen molar-refractivity contribution in [2.45, 2.75) is 6.42 Å². The molecule has 7 heteroatoms. The maximum Gasteiger partial charge on any atom is 0.265 e. The van der Waals surface area contributed by atoms with E-state index < -0.39 is 0 Å². The quantitative estimate of drug-likeness (QED) is 0.871. The summed E-state index contributed by atoms with van der Waals surface area (Å²) in [4.78, 5) is 16.1. The van der Waals surface area contributed by atoms with E-state index in [1.54, 1.807) is 22.4 Å². The molecule has 1 amide bonds. The minimum atomic E-state index is -0.307. The number of benzene rings is 1. The van der Waals surface area contributed by atoms with Crippen LogP contribution in [0.5, 0.6) is 5.88 Å². The van der Waals surface area contributed by atoms with Crippen LogP contribution in [0.1, 0.15) is 6.42 Å². The fourth-order valence-electron chi connectivity index (χ4n) is 2.49. The lowest BCUT2D eigenvalue weighted by molar-refractivity contribution is -0.120. The van der Waals surface area contributed by atoms with E-state index in [1.165, 1.54) is 23.7 Å². The summed E-state index contributed by atoms with van der Waals surface area (Å²) in [6.45, 7) is 1.28. The van der Waals surface area contributed by atoms with Gasteiger partial charge in [0.2, 0.25) is 5.88 Å². The van der Waals surface area contributed by atoms with Crippen LogP contribution in [0.25, 0.3) is 0 Å². The summed E-state index contributed by atoms with van der Waals surface area (Å²) in [5, 5.41) is 1.79. The minimum Gasteiger partial charge on any atom is -0.467 e. The lowest BCUT2D eigenvalue weighted by Crippen LogP contribution is -2.35. The molecule has 0 saturated heterocycles. The summed E-state index contributed by atoms with van der Waals surface area (Å²) in [5.74, 6) is -0.0144. The Kier molecular flexibility index (Phi) is 4.24. The molecule has 2 aromatic rings. The molecule has 1 aromatic heterocycles. The van der Waals surface area contributed by atoms with Gasteiger partial charge in [-0.1, -0.05) is 0 Å². The second-order valence-electron chi connectivity index (χ2n) is 5.08. The van der Waals surface area contributed by atoms with Gasteiger partial charge in [-0.15, -0.1) is 0 Å². The van der Waals surface area contributed by atoms with Crippen LogP contribution >= 0.6 is 11.5 Å². The molecule has 3 rings (SSSR count). The number of fused-ring (bicyclic) bond motifs is 1. The molecule has 0 fully saturated rings. The Morgan fingerprint density at radius 2 is 2.23 bits per heavy atom. The van der Waals surface area contributed by atoms with Gasteiger partial charge in [-0.25, -0.2) is 4.39 Å². The predicted molar refractivity (Wildman–Crippen MR) is 84.2 cm³/mol. The Morgan fingerprint density at radius 1 is 1.36 bits per heavy atom. The molecule has 2 heterocycles. The van der Waals surface area contributed by atoms with Crippen LogP contribution < -0.4 is 14.5 Å². The molecule has 0 unspecified atom stereocenters. The number of carbonyl (C=O) groups excluding carboxylic acids is 1. The third-order valence-electron chi connectivity index (χ3n) is 3.57. The van der Waals surface area contributed by atoms with E-state index >= 15 is 0 Å². The molecular weight excluding hydrogens is 305 g/mol. The van der Waals surface area contributed by atoms with Crippen molar-refractivity contribution >= 4 is 28.8 Å². The lowest BCUT2D eigenvalue weighted by atomic mass is 10.2. The van der Waals surface area contributed by atoms with Gasteiger partial charge in [-0.05, 0) is 36.2 Å². The Balaban J connectivity index is 1.80. The van der Waals surface area contributed by atoms with Gasteiger partial charge in [-0.3, -0.25) is 4.79 Å². The van der Waals surface area contributed by atoms with Gasteiger partial charge in [0, 0.05) is 31.6 Å². The van der Waals surface area contributed by atoms with Crippen molar-refractivity contribution in [1.29, 1.82) is 0 Å². The first-order chi connectivity index (χ1) is 10.6. The monoisotopic (exact) mass is 321 g/mol. The lowest BCUT2D eigenvalue weighted by Gasteiger charge is -2.24. The average Bonchev–Trinajstić information content (AvgIpc) is 2.97. The fraction of sp³-hybridized carbons (Fsp3) is 0.333. The SMILES string of the molecule is CN1CCCN(C(=O)COc2ccsn2)c2ccc(F)cc21. The van der Waals surface area contributed by atoms with Crippen molar-refractivity contribution in [3.8, 4) is 5.88 Å². The summed E-state index contributed by atoms with van der Waals surface area (Å²) >= 11 is 1.27. The molecule has 1 aliphatic heterocycles. The molecule has 0 atom stereocenters. The summed E-state index contributed by atoms with van der Waals surface area (Å²) in [6, 6.07) is 6.20. The van der Waals surface area contributed by atoms with Gasteiger partial charge in [0.25, 0.3) is 5.91 Å². The molecular formula is C15H16FN3O2S. The number of hydrogen-bond acceptors (Lipinski definition) is 5. The first kappa shape index (κ1) is 14.8. The number of aromatic nitrogens is 1. The highest BCUT2D eigenvalue weighted by Gasteiger charge is 2.24. The average molecular weight is 321 g/mol. The first-order valence-electron chi connectivity index (χ1n) is 6.99. The Labute approximate surface area is 132 Å². The molecule has 5 nitrogen and oxygen atoms in total. The van der Waals surface area contributed by atoms with Crippen LogP contribution in [0.4, 0.5) is 15.8 Å². The number of carbonyl (C=O) groups is 1. The van der Waals surface area contributed by atoms with Crippen molar-refractivity contribution < 1.29 is 13.9 Å². The maximum absolute atomic E-state index is 13.5. The first-order valence-corrected chi connectivity index (χ1v) is 7.83. The van der Waals surface area contributed by atoms with Gasteiger partial charge in [0.05, 0.1) is 11.4 Å². The van der Waals surface area contributed by atoms with Crippen molar-refractivity contribution in [2.75, 3.05) is 36.5 Å². The zero-order valence-corrected chi connectivity index (χ0v) is 13.0. The summed E-state index contributed by atoms with van der Waals surface area (Å²) in [5.41, 5.74) is 1.44. The highest BCUT2D eigenvalue weighted by Crippen LogP contribution is 2.32. The van der Waals surface area contributed by atoms with E-state index in [9.17, 15) is 9.18 Å². The van der Waals surface area contributed by atoms with Gasteiger partial charge >= 0.3 is 0 Å². The molecule has 1 aromatic carbocycles. The maximum atomic E-state index is 13.5. The van der Waals surface area contributed by atoms with Gasteiger partial charge in [0.15, 0.2) is 6.61 Å². The van der Waals surface area contributed by atoms with E-state index in [2.05, 4.69) is 4.37 Å². The minimum absolute atomic E-state index is 0.0791. The molecule has 0 radical (unpaired) electrons. The van der Waals surface area contributed by atoms with Gasteiger partial charge in [-0.2, -0.15) is 4.37 Å². The molecule has 0 N–H and O–H groups in total. The second-order valence-corrected chi connectivity index (χ2v) is 5.75. The Hall–Kier alpha value is -2.15. The Bertz CT molecular complexity index is 663. The number of anilines is 2. The van der Waals surface area contributed by atoms with Gasteiger partial charge < -0.3 is 14.5 Å². The van der Waals surface area contributed by atoms with E-state index in [1.807, 2.05) is 11.9 Å². The summed E-state index contributed by atoms with van der Waals surface area (Å²) in [6.07, 6.45) is 0.815. The number of hydrogen-bond donors (Lipinski definition) is 0. The van der Waals surface area contributed by atoms with Crippen LogP contribution in [0.3, 0.4) is 0 Å². The third-order valence-corrected chi connectivity index (χ3v) is 4.12. The fourth-order valence-corrected chi connectivity index (χ4v) is 2.94. The van der Waals surface area contributed by atoms with E-state index in [0.717, 1.165) is 18.7 Å².